The van der Waals surface area contributed by atoms with Gasteiger partial charge in [-0.05, 0) is 36.3 Å². The standard InChI is InChI=1S/C42H61N7O12/c1-6-23(3)34(41(59)47-31(22-50)39(57)46-30(21-27-16-12-9-13-17-27)38(56)49-35(42(60)61)24(4)7-2)48-37(55)29(20-26-14-10-8-11-15-26)45-36(54)28(18-19-32(52)53)44-40(58)33(43)25(5)51/h8-17,23-25,28-31,33-35,50-51H,6-7,18-22,43H2,1-5H3,(H,44,58)(H,45,54)(H,46,57)(H,47,59)(H,48,55)(H,49,56)(H,52,53)(H,60,61)/t23-,24-,25+,28-,29-,30-,31-,33-,34-,35-/m0/s1. The maximum atomic E-state index is 14.1. The summed E-state index contributed by atoms with van der Waals surface area (Å²) in [5.41, 5.74) is 6.93. The van der Waals surface area contributed by atoms with E-state index >= 15 is 0 Å². The van der Waals surface area contributed by atoms with Crippen molar-refractivity contribution < 1.29 is 58.8 Å². The molecule has 61 heavy (non-hydrogen) atoms. The zero-order chi connectivity index (χ0) is 45.8. The number of carbonyl (C=O) groups excluding carboxylic acids is 6. The summed E-state index contributed by atoms with van der Waals surface area (Å²) in [6, 6.07) is 7.13. The van der Waals surface area contributed by atoms with Crippen molar-refractivity contribution in [3.63, 3.8) is 0 Å². The van der Waals surface area contributed by atoms with E-state index in [1.54, 1.807) is 88.4 Å². The van der Waals surface area contributed by atoms with Crippen LogP contribution in [0.25, 0.3) is 0 Å². The fourth-order valence-corrected chi connectivity index (χ4v) is 6.03. The Morgan fingerprint density at radius 1 is 0.557 bits per heavy atom. The number of carboxylic acids is 2. The summed E-state index contributed by atoms with van der Waals surface area (Å²) >= 11 is 0. The molecule has 336 valence electrons. The Balaban J connectivity index is 2.39. The predicted octanol–water partition coefficient (Wildman–Crippen LogP) is -0.877. The predicted molar refractivity (Wildman–Crippen MR) is 222 cm³/mol. The van der Waals surface area contributed by atoms with Gasteiger partial charge in [0.05, 0.1) is 12.7 Å². The first-order valence-corrected chi connectivity index (χ1v) is 20.2. The van der Waals surface area contributed by atoms with E-state index in [4.69, 9.17) is 5.73 Å². The van der Waals surface area contributed by atoms with E-state index in [-0.39, 0.29) is 12.8 Å². The smallest absolute Gasteiger partial charge is 0.326 e. The number of amides is 6. The number of carboxylic acid groups (broad SMARTS) is 2. The molecule has 0 saturated carbocycles. The van der Waals surface area contributed by atoms with Crippen LogP contribution in [0.15, 0.2) is 60.7 Å². The minimum Gasteiger partial charge on any atom is -0.481 e. The molecule has 0 aromatic heterocycles. The third-order valence-corrected chi connectivity index (χ3v) is 10.3. The van der Waals surface area contributed by atoms with Gasteiger partial charge >= 0.3 is 11.9 Å². The molecule has 10 atom stereocenters. The zero-order valence-corrected chi connectivity index (χ0v) is 35.1. The second-order valence-corrected chi connectivity index (χ2v) is 15.1. The molecule has 0 radical (unpaired) electrons. The first-order valence-electron chi connectivity index (χ1n) is 20.2. The highest BCUT2D eigenvalue weighted by atomic mass is 16.4. The van der Waals surface area contributed by atoms with Crippen LogP contribution in [0.2, 0.25) is 0 Å². The molecule has 0 fully saturated rings. The Labute approximate surface area is 355 Å². The van der Waals surface area contributed by atoms with Crippen LogP contribution >= 0.6 is 0 Å². The molecule has 0 spiro atoms. The molecule has 0 unspecified atom stereocenters. The lowest BCUT2D eigenvalue weighted by Crippen LogP contribution is -2.62. The molecule has 0 heterocycles. The van der Waals surface area contributed by atoms with E-state index in [9.17, 15) is 58.8 Å². The highest BCUT2D eigenvalue weighted by Crippen LogP contribution is 2.13. The number of aliphatic hydroxyl groups excluding tert-OH is 2. The Morgan fingerprint density at radius 3 is 1.36 bits per heavy atom. The van der Waals surface area contributed by atoms with Gasteiger partial charge in [-0.2, -0.15) is 0 Å². The van der Waals surface area contributed by atoms with Crippen LogP contribution in [0.5, 0.6) is 0 Å². The minimum atomic E-state index is -1.64. The van der Waals surface area contributed by atoms with Gasteiger partial charge in [0.2, 0.25) is 35.4 Å². The lowest BCUT2D eigenvalue weighted by atomic mass is 9.96. The largest absolute Gasteiger partial charge is 0.481 e. The van der Waals surface area contributed by atoms with E-state index in [0.717, 1.165) is 0 Å². The summed E-state index contributed by atoms with van der Waals surface area (Å²) in [6.07, 6.45) is -1.67. The second-order valence-electron chi connectivity index (χ2n) is 15.1. The van der Waals surface area contributed by atoms with Crippen LogP contribution in [-0.4, -0.2) is 123 Å². The van der Waals surface area contributed by atoms with Gasteiger partial charge in [0.1, 0.15) is 42.3 Å². The quantitative estimate of drug-likeness (QED) is 0.0549. The van der Waals surface area contributed by atoms with Crippen LogP contribution in [0.3, 0.4) is 0 Å². The average molecular weight is 856 g/mol. The van der Waals surface area contributed by atoms with Crippen molar-refractivity contribution in [2.75, 3.05) is 6.61 Å². The van der Waals surface area contributed by atoms with Gasteiger partial charge in [-0.15, -0.1) is 0 Å². The number of aliphatic hydroxyl groups is 2. The first-order chi connectivity index (χ1) is 28.8. The average Bonchev–Trinajstić information content (AvgIpc) is 3.23. The number of nitrogens with one attached hydrogen (secondary N) is 6. The number of benzene rings is 2. The van der Waals surface area contributed by atoms with Crippen molar-refractivity contribution in [1.29, 1.82) is 0 Å². The summed E-state index contributed by atoms with van der Waals surface area (Å²) < 4.78 is 0. The SMILES string of the molecule is CC[C@H](C)[C@H](NC(=O)[C@H](Cc1ccccc1)NC(=O)[C@H](CO)NC(=O)[C@@H](NC(=O)[C@H](Cc1ccccc1)NC(=O)[C@H](CCC(=O)O)NC(=O)[C@@H](N)[C@@H](C)O)[C@@H](C)CC)C(=O)O. The number of hydrogen-bond acceptors (Lipinski definition) is 11. The number of aliphatic carboxylic acids is 2. The lowest BCUT2D eigenvalue weighted by Gasteiger charge is -2.29. The molecule has 0 aliphatic heterocycles. The zero-order valence-electron chi connectivity index (χ0n) is 35.1. The molecule has 2 aromatic rings. The van der Waals surface area contributed by atoms with Crippen LogP contribution in [0.1, 0.15) is 71.4 Å². The lowest BCUT2D eigenvalue weighted by molar-refractivity contribution is -0.144. The van der Waals surface area contributed by atoms with E-state index in [2.05, 4.69) is 31.9 Å². The normalized spacial score (nSPS) is 16.0. The maximum absolute atomic E-state index is 14.1. The Morgan fingerprint density at radius 2 is 0.951 bits per heavy atom. The molecule has 19 nitrogen and oxygen atoms in total. The molecule has 0 saturated heterocycles. The molecule has 2 rings (SSSR count). The van der Waals surface area contributed by atoms with Crippen molar-refractivity contribution in [2.24, 2.45) is 17.6 Å². The van der Waals surface area contributed by atoms with Crippen LogP contribution in [0.4, 0.5) is 0 Å². The number of nitrogens with two attached hydrogens (primary N) is 1. The number of hydrogen-bond donors (Lipinski definition) is 11. The highest BCUT2D eigenvalue weighted by Gasteiger charge is 2.36. The van der Waals surface area contributed by atoms with Gasteiger partial charge in [0.25, 0.3) is 0 Å². The summed E-state index contributed by atoms with van der Waals surface area (Å²) in [6.45, 7) is 7.12. The third kappa shape index (κ3) is 16.9. The highest BCUT2D eigenvalue weighted by molar-refractivity contribution is 5.97. The van der Waals surface area contributed by atoms with Gasteiger partial charge in [0, 0.05) is 19.3 Å². The molecule has 0 aliphatic carbocycles. The first kappa shape index (κ1) is 51.2. The Bertz CT molecular complexity index is 1780. The van der Waals surface area contributed by atoms with Crippen molar-refractivity contribution in [1.82, 2.24) is 31.9 Å². The second kappa shape index (κ2) is 25.6. The molecular formula is C42H61N7O12. The van der Waals surface area contributed by atoms with E-state index in [1.165, 1.54) is 6.92 Å². The van der Waals surface area contributed by atoms with E-state index < -0.39 is 127 Å². The molecule has 2 aromatic carbocycles. The molecule has 0 bridgehead atoms. The molecule has 19 heteroatoms. The summed E-state index contributed by atoms with van der Waals surface area (Å²) in [5.74, 6) is -9.01. The molecule has 12 N–H and O–H groups in total. The van der Waals surface area contributed by atoms with Crippen LogP contribution in [0, 0.1) is 11.8 Å². The Kier molecular flexibility index (Phi) is 21.5. The number of rotatable bonds is 26. The minimum absolute atomic E-state index is 0.0639. The summed E-state index contributed by atoms with van der Waals surface area (Å²) in [5, 5.41) is 54.1. The van der Waals surface area contributed by atoms with E-state index in [0.29, 0.717) is 24.0 Å². The third-order valence-electron chi connectivity index (χ3n) is 10.3. The molecule has 0 aliphatic rings. The van der Waals surface area contributed by atoms with Gasteiger partial charge < -0.3 is 58.1 Å². The van der Waals surface area contributed by atoms with Gasteiger partial charge in [-0.1, -0.05) is 101 Å². The molecule has 6 amide bonds. The van der Waals surface area contributed by atoms with Gasteiger partial charge in [-0.3, -0.25) is 33.6 Å². The van der Waals surface area contributed by atoms with E-state index in [1.807, 2.05) is 0 Å². The van der Waals surface area contributed by atoms with Crippen molar-refractivity contribution in [2.45, 2.75) is 122 Å². The van der Waals surface area contributed by atoms with Crippen LogP contribution in [-0.2, 0) is 51.2 Å². The van der Waals surface area contributed by atoms with Gasteiger partial charge in [0.15, 0.2) is 0 Å². The maximum Gasteiger partial charge on any atom is 0.326 e. The fourth-order valence-electron chi connectivity index (χ4n) is 6.03. The van der Waals surface area contributed by atoms with Crippen molar-refractivity contribution in [3.05, 3.63) is 71.8 Å². The van der Waals surface area contributed by atoms with Crippen LogP contribution < -0.4 is 37.6 Å². The molecular weight excluding hydrogens is 794 g/mol. The number of carbonyl (C=O) groups is 8. The Hall–Kier alpha value is -5.92. The fraction of sp³-hybridized carbons (Fsp3) is 0.524. The summed E-state index contributed by atoms with van der Waals surface area (Å²) in [7, 11) is 0. The summed E-state index contributed by atoms with van der Waals surface area (Å²) in [4.78, 5) is 105. The van der Waals surface area contributed by atoms with Crippen molar-refractivity contribution >= 4 is 47.4 Å². The topological polar surface area (TPSA) is 316 Å². The monoisotopic (exact) mass is 855 g/mol. The van der Waals surface area contributed by atoms with Gasteiger partial charge in [-0.25, -0.2) is 4.79 Å². The van der Waals surface area contributed by atoms with Crippen molar-refractivity contribution in [3.8, 4) is 0 Å².